The van der Waals surface area contributed by atoms with E-state index in [0.29, 0.717) is 11.4 Å². The molecular weight excluding hydrogens is 233 g/mol. The highest BCUT2D eigenvalue weighted by Crippen LogP contribution is 2.22. The summed E-state index contributed by atoms with van der Waals surface area (Å²) < 4.78 is 39.5. The summed E-state index contributed by atoms with van der Waals surface area (Å²) in [5.41, 5.74) is 0.625. The molecule has 1 aromatic carbocycles. The highest BCUT2D eigenvalue weighted by molar-refractivity contribution is 6.02. The smallest absolute Gasteiger partial charge is 0.406 e. The average Bonchev–Trinajstić information content (AvgIpc) is 2.25. The first-order valence-electron chi connectivity index (χ1n) is 4.78. The van der Waals surface area contributed by atoms with Crippen molar-refractivity contribution < 1.29 is 17.9 Å². The van der Waals surface area contributed by atoms with E-state index in [9.17, 15) is 13.2 Å². The second-order valence-electron chi connectivity index (χ2n) is 3.01. The maximum atomic E-state index is 11.9. The third-order valence-corrected chi connectivity index (χ3v) is 1.81. The topological polar surface area (TPSA) is 34.0 Å². The van der Waals surface area contributed by atoms with Crippen LogP contribution in [0.3, 0.4) is 0 Å². The predicted octanol–water partition coefficient (Wildman–Crippen LogP) is 3.05. The lowest BCUT2D eigenvalue weighted by molar-refractivity contribution is -0.274. The Balaban J connectivity index is 2.88. The van der Waals surface area contributed by atoms with Gasteiger partial charge in [-0.1, -0.05) is 0 Å². The molecule has 0 atom stereocenters. The van der Waals surface area contributed by atoms with Crippen LogP contribution in [0.25, 0.3) is 0 Å². The van der Waals surface area contributed by atoms with Gasteiger partial charge in [-0.25, -0.2) is 4.99 Å². The summed E-state index contributed by atoms with van der Waals surface area (Å²) in [6, 6.07) is 5.38. The molecule has 1 aromatic rings. The van der Waals surface area contributed by atoms with Crippen molar-refractivity contribution in [1.29, 1.82) is 0 Å². The molecule has 1 rings (SSSR count). The average molecular weight is 244 g/mol. The van der Waals surface area contributed by atoms with Gasteiger partial charge in [-0.15, -0.1) is 13.2 Å². The fourth-order valence-electron chi connectivity index (χ4n) is 1.19. The van der Waals surface area contributed by atoms with Crippen LogP contribution in [0.2, 0.25) is 0 Å². The molecule has 0 aliphatic rings. The van der Waals surface area contributed by atoms with Crippen molar-refractivity contribution >= 4 is 12.1 Å². The van der Waals surface area contributed by atoms with Gasteiger partial charge in [0.15, 0.2) is 5.84 Å². The molecule has 92 valence electrons. The molecule has 3 nitrogen and oxygen atoms in total. The second-order valence-corrected chi connectivity index (χ2v) is 3.01. The number of amidine groups is 1. The van der Waals surface area contributed by atoms with E-state index in [1.807, 2.05) is 0 Å². The van der Waals surface area contributed by atoms with Gasteiger partial charge < -0.3 is 4.74 Å². The van der Waals surface area contributed by atoms with Crippen molar-refractivity contribution in [3.8, 4) is 5.75 Å². The number of alkyl halides is 3. The standard InChI is InChI=1S/C11H11F3N2O/c1-3-16-10(15-2)8-4-6-9(7-5-8)17-11(12,13)14/h3-7H,1-2H3/b15-10-,16-3-. The lowest BCUT2D eigenvalue weighted by Gasteiger charge is -2.08. The van der Waals surface area contributed by atoms with Crippen LogP contribution in [0.4, 0.5) is 13.2 Å². The molecule has 0 saturated heterocycles. The van der Waals surface area contributed by atoms with Gasteiger partial charge in [0.2, 0.25) is 0 Å². The van der Waals surface area contributed by atoms with Crippen molar-refractivity contribution in [2.24, 2.45) is 9.98 Å². The zero-order valence-electron chi connectivity index (χ0n) is 9.32. The number of nitrogens with zero attached hydrogens (tertiary/aromatic N) is 2. The van der Waals surface area contributed by atoms with Crippen LogP contribution in [0, 0.1) is 0 Å². The Morgan fingerprint density at radius 3 is 2.24 bits per heavy atom. The van der Waals surface area contributed by atoms with E-state index in [4.69, 9.17) is 0 Å². The van der Waals surface area contributed by atoms with Gasteiger partial charge in [0.1, 0.15) is 5.75 Å². The third-order valence-electron chi connectivity index (χ3n) is 1.81. The van der Waals surface area contributed by atoms with Crippen LogP contribution in [-0.2, 0) is 0 Å². The molecule has 0 fully saturated rings. The number of aliphatic imine (C=N–C) groups is 2. The van der Waals surface area contributed by atoms with Crippen molar-refractivity contribution in [3.05, 3.63) is 29.8 Å². The first-order valence-corrected chi connectivity index (χ1v) is 4.78. The summed E-state index contributed by atoms with van der Waals surface area (Å²) >= 11 is 0. The molecule has 6 heteroatoms. The van der Waals surface area contributed by atoms with Crippen molar-refractivity contribution in [3.63, 3.8) is 0 Å². The molecule has 0 aliphatic carbocycles. The molecular formula is C11H11F3N2O. The van der Waals surface area contributed by atoms with E-state index in [0.717, 1.165) is 0 Å². The second kappa shape index (κ2) is 5.47. The highest BCUT2D eigenvalue weighted by atomic mass is 19.4. The van der Waals surface area contributed by atoms with Gasteiger partial charge in [0.25, 0.3) is 0 Å². The lowest BCUT2D eigenvalue weighted by atomic mass is 10.2. The zero-order valence-corrected chi connectivity index (χ0v) is 9.32. The van der Waals surface area contributed by atoms with E-state index in [-0.39, 0.29) is 5.75 Å². The van der Waals surface area contributed by atoms with Gasteiger partial charge >= 0.3 is 6.36 Å². The van der Waals surface area contributed by atoms with Crippen LogP contribution in [0.5, 0.6) is 5.75 Å². The van der Waals surface area contributed by atoms with E-state index in [1.54, 1.807) is 20.2 Å². The maximum Gasteiger partial charge on any atom is 0.573 e. The quantitative estimate of drug-likeness (QED) is 0.581. The summed E-state index contributed by atoms with van der Waals surface area (Å²) in [6.07, 6.45) is -3.12. The Hall–Kier alpha value is -1.85. The summed E-state index contributed by atoms with van der Waals surface area (Å²) in [5.74, 6) is 0.184. The molecule has 0 radical (unpaired) electrons. The highest BCUT2D eigenvalue weighted by Gasteiger charge is 2.30. The molecule has 0 N–H and O–H groups in total. The Bertz CT molecular complexity index is 421. The van der Waals surface area contributed by atoms with Crippen molar-refractivity contribution in [2.45, 2.75) is 13.3 Å². The minimum absolute atomic E-state index is 0.266. The number of rotatable bonds is 2. The van der Waals surface area contributed by atoms with Gasteiger partial charge in [0, 0.05) is 18.8 Å². The number of benzene rings is 1. The summed E-state index contributed by atoms with van der Waals surface area (Å²) in [7, 11) is 1.56. The molecule has 0 amide bonds. The zero-order chi connectivity index (χ0) is 12.9. The van der Waals surface area contributed by atoms with Crippen LogP contribution in [0.1, 0.15) is 12.5 Å². The molecule has 0 aliphatic heterocycles. The maximum absolute atomic E-state index is 11.9. The molecule has 0 spiro atoms. The van der Waals surface area contributed by atoms with Gasteiger partial charge in [0.05, 0.1) is 0 Å². The normalized spacial score (nSPS) is 13.1. The fourth-order valence-corrected chi connectivity index (χ4v) is 1.19. The Kier molecular flexibility index (Phi) is 4.25. The summed E-state index contributed by atoms with van der Waals surface area (Å²) in [4.78, 5) is 7.89. The predicted molar refractivity (Wildman–Crippen MR) is 59.8 cm³/mol. The van der Waals surface area contributed by atoms with Gasteiger partial charge in [-0.05, 0) is 31.2 Å². The van der Waals surface area contributed by atoms with Crippen LogP contribution >= 0.6 is 0 Å². The third kappa shape index (κ3) is 4.26. The molecule has 0 bridgehead atoms. The van der Waals surface area contributed by atoms with Gasteiger partial charge in [-0.2, -0.15) is 0 Å². The summed E-state index contributed by atoms with van der Waals surface area (Å²) in [6.45, 7) is 1.73. The summed E-state index contributed by atoms with van der Waals surface area (Å²) in [5, 5.41) is 0. The van der Waals surface area contributed by atoms with E-state index < -0.39 is 6.36 Å². The first-order chi connectivity index (χ1) is 7.96. The number of hydrogen-bond acceptors (Lipinski definition) is 2. The Morgan fingerprint density at radius 2 is 1.82 bits per heavy atom. The lowest BCUT2D eigenvalue weighted by Crippen LogP contribution is -2.17. The number of ether oxygens (including phenoxy) is 1. The van der Waals surface area contributed by atoms with Crippen LogP contribution in [0.15, 0.2) is 34.3 Å². The molecule has 0 aromatic heterocycles. The minimum Gasteiger partial charge on any atom is -0.406 e. The van der Waals surface area contributed by atoms with Crippen LogP contribution in [-0.4, -0.2) is 25.5 Å². The number of hydrogen-bond donors (Lipinski definition) is 0. The van der Waals surface area contributed by atoms with E-state index in [2.05, 4.69) is 14.7 Å². The van der Waals surface area contributed by atoms with E-state index in [1.165, 1.54) is 24.3 Å². The van der Waals surface area contributed by atoms with Crippen LogP contribution < -0.4 is 4.74 Å². The largest absolute Gasteiger partial charge is 0.573 e. The van der Waals surface area contributed by atoms with E-state index >= 15 is 0 Å². The Morgan fingerprint density at radius 1 is 1.24 bits per heavy atom. The molecule has 0 unspecified atom stereocenters. The SMILES string of the molecule is C/C=N\C(=N/C)c1ccc(OC(F)(F)F)cc1. The minimum atomic E-state index is -4.68. The van der Waals surface area contributed by atoms with Crippen molar-refractivity contribution in [1.82, 2.24) is 0 Å². The molecule has 17 heavy (non-hydrogen) atoms. The molecule has 0 heterocycles. The number of halogens is 3. The fraction of sp³-hybridized carbons (Fsp3) is 0.273. The molecule has 0 saturated carbocycles. The first kappa shape index (κ1) is 13.2. The van der Waals surface area contributed by atoms with Gasteiger partial charge in [-0.3, -0.25) is 4.99 Å². The van der Waals surface area contributed by atoms with Crippen molar-refractivity contribution in [2.75, 3.05) is 7.05 Å². The Labute approximate surface area is 96.7 Å². The monoisotopic (exact) mass is 244 g/mol.